The molecular formula is C11H24N2O2S. The lowest BCUT2D eigenvalue weighted by molar-refractivity contribution is 0.235. The van der Waals surface area contributed by atoms with Gasteiger partial charge in [-0.1, -0.05) is 0 Å². The minimum atomic E-state index is -3.04. The first-order valence-corrected chi connectivity index (χ1v) is 7.56. The van der Waals surface area contributed by atoms with Crippen LogP contribution < -0.4 is 5.32 Å². The molecule has 0 amide bonds. The van der Waals surface area contributed by atoms with Gasteiger partial charge in [-0.25, -0.2) is 12.7 Å². The van der Waals surface area contributed by atoms with Gasteiger partial charge in [-0.05, 0) is 46.6 Å². The molecule has 0 aromatic heterocycles. The van der Waals surface area contributed by atoms with Crippen molar-refractivity contribution in [3.8, 4) is 0 Å². The van der Waals surface area contributed by atoms with Gasteiger partial charge in [-0.15, -0.1) is 0 Å². The number of hydrogen-bond acceptors (Lipinski definition) is 3. The first-order chi connectivity index (χ1) is 7.39. The van der Waals surface area contributed by atoms with E-state index in [-0.39, 0.29) is 5.25 Å². The van der Waals surface area contributed by atoms with E-state index < -0.39 is 10.0 Å². The van der Waals surface area contributed by atoms with E-state index in [2.05, 4.69) is 12.2 Å². The first-order valence-electron chi connectivity index (χ1n) is 6.05. The van der Waals surface area contributed by atoms with Crippen LogP contribution in [-0.4, -0.2) is 44.2 Å². The topological polar surface area (TPSA) is 49.4 Å². The lowest BCUT2D eigenvalue weighted by atomic mass is 9.91. The molecule has 0 aromatic rings. The Morgan fingerprint density at radius 2 is 1.69 bits per heavy atom. The fourth-order valence-corrected chi connectivity index (χ4v) is 3.48. The van der Waals surface area contributed by atoms with Crippen molar-refractivity contribution in [3.63, 3.8) is 0 Å². The molecular weight excluding hydrogens is 224 g/mol. The Morgan fingerprint density at radius 3 is 2.06 bits per heavy atom. The molecule has 0 aliphatic carbocycles. The molecule has 0 aromatic carbocycles. The molecule has 1 rings (SSSR count). The fourth-order valence-electron chi connectivity index (χ4n) is 2.16. The minimum Gasteiger partial charge on any atom is -0.317 e. The SMILES string of the molecule is CNC(C)C1CCN(S(=O)(=O)C(C)C)CC1. The van der Waals surface area contributed by atoms with Crippen molar-refractivity contribution in [1.29, 1.82) is 0 Å². The van der Waals surface area contributed by atoms with Crippen molar-refractivity contribution in [2.75, 3.05) is 20.1 Å². The van der Waals surface area contributed by atoms with Crippen LogP contribution in [0.4, 0.5) is 0 Å². The Hall–Kier alpha value is -0.130. The third-order valence-electron chi connectivity index (χ3n) is 3.62. The van der Waals surface area contributed by atoms with Crippen molar-refractivity contribution in [2.24, 2.45) is 5.92 Å². The molecule has 0 spiro atoms. The van der Waals surface area contributed by atoms with E-state index in [1.165, 1.54) is 0 Å². The van der Waals surface area contributed by atoms with Gasteiger partial charge in [0.05, 0.1) is 5.25 Å². The highest BCUT2D eigenvalue weighted by atomic mass is 32.2. The van der Waals surface area contributed by atoms with Crippen LogP contribution in [0.1, 0.15) is 33.6 Å². The zero-order chi connectivity index (χ0) is 12.3. The standard InChI is InChI=1S/C11H24N2O2S/c1-9(2)16(14,15)13-7-5-11(6-8-13)10(3)12-4/h9-12H,5-8H2,1-4H3. The number of nitrogens with one attached hydrogen (secondary N) is 1. The average Bonchev–Trinajstić information content (AvgIpc) is 2.28. The summed E-state index contributed by atoms with van der Waals surface area (Å²) >= 11 is 0. The van der Waals surface area contributed by atoms with E-state index in [9.17, 15) is 8.42 Å². The lowest BCUT2D eigenvalue weighted by Gasteiger charge is -2.34. The van der Waals surface area contributed by atoms with Crippen molar-refractivity contribution in [3.05, 3.63) is 0 Å². The maximum Gasteiger partial charge on any atom is 0.216 e. The molecule has 16 heavy (non-hydrogen) atoms. The summed E-state index contributed by atoms with van der Waals surface area (Å²) in [6.45, 7) is 7.01. The largest absolute Gasteiger partial charge is 0.317 e. The van der Waals surface area contributed by atoms with Gasteiger partial charge in [0.2, 0.25) is 10.0 Å². The Labute approximate surface area is 99.5 Å². The number of sulfonamides is 1. The van der Waals surface area contributed by atoms with Crippen molar-refractivity contribution in [2.45, 2.75) is 44.9 Å². The van der Waals surface area contributed by atoms with E-state index in [1.807, 2.05) is 7.05 Å². The van der Waals surface area contributed by atoms with Crippen LogP contribution in [0.15, 0.2) is 0 Å². The Balaban J connectivity index is 2.56. The van der Waals surface area contributed by atoms with Crippen LogP contribution in [0.3, 0.4) is 0 Å². The summed E-state index contributed by atoms with van der Waals surface area (Å²) in [5.41, 5.74) is 0. The molecule has 1 heterocycles. The van der Waals surface area contributed by atoms with Gasteiger partial charge in [-0.2, -0.15) is 0 Å². The van der Waals surface area contributed by atoms with E-state index in [0.29, 0.717) is 25.0 Å². The number of hydrogen-bond donors (Lipinski definition) is 1. The van der Waals surface area contributed by atoms with Crippen LogP contribution in [0.2, 0.25) is 0 Å². The molecule has 1 aliphatic rings. The summed E-state index contributed by atoms with van der Waals surface area (Å²) in [5.74, 6) is 0.601. The molecule has 5 heteroatoms. The average molecular weight is 248 g/mol. The van der Waals surface area contributed by atoms with Crippen LogP contribution >= 0.6 is 0 Å². The summed E-state index contributed by atoms with van der Waals surface area (Å²) in [7, 11) is -1.08. The molecule has 1 saturated heterocycles. The maximum atomic E-state index is 11.9. The predicted molar refractivity (Wildman–Crippen MR) is 66.9 cm³/mol. The van der Waals surface area contributed by atoms with E-state index in [4.69, 9.17) is 0 Å². The van der Waals surface area contributed by atoms with Gasteiger partial charge < -0.3 is 5.32 Å². The third kappa shape index (κ3) is 2.96. The molecule has 1 aliphatic heterocycles. The van der Waals surface area contributed by atoms with Gasteiger partial charge >= 0.3 is 0 Å². The second kappa shape index (κ2) is 5.47. The Morgan fingerprint density at radius 1 is 1.19 bits per heavy atom. The predicted octanol–water partition coefficient (Wildman–Crippen LogP) is 1.04. The van der Waals surface area contributed by atoms with Gasteiger partial charge in [0.15, 0.2) is 0 Å². The van der Waals surface area contributed by atoms with E-state index in [0.717, 1.165) is 12.8 Å². The summed E-state index contributed by atoms with van der Waals surface area (Å²) in [4.78, 5) is 0. The van der Waals surface area contributed by atoms with Gasteiger partial charge in [0, 0.05) is 19.1 Å². The summed E-state index contributed by atoms with van der Waals surface area (Å²) in [5, 5.41) is 2.94. The van der Waals surface area contributed by atoms with E-state index >= 15 is 0 Å². The Kier molecular flexibility index (Phi) is 4.76. The van der Waals surface area contributed by atoms with Crippen LogP contribution in [0, 0.1) is 5.92 Å². The summed E-state index contributed by atoms with van der Waals surface area (Å²) < 4.78 is 25.5. The molecule has 1 unspecified atom stereocenters. The third-order valence-corrected chi connectivity index (χ3v) is 5.89. The van der Waals surface area contributed by atoms with Crippen molar-refractivity contribution >= 4 is 10.0 Å². The second-order valence-electron chi connectivity index (χ2n) is 4.91. The van der Waals surface area contributed by atoms with E-state index in [1.54, 1.807) is 18.2 Å². The Bertz CT molecular complexity index is 306. The second-order valence-corrected chi connectivity index (χ2v) is 7.40. The fraction of sp³-hybridized carbons (Fsp3) is 1.00. The zero-order valence-corrected chi connectivity index (χ0v) is 11.5. The van der Waals surface area contributed by atoms with Gasteiger partial charge in [0.25, 0.3) is 0 Å². The number of nitrogens with zero attached hydrogens (tertiary/aromatic N) is 1. The monoisotopic (exact) mass is 248 g/mol. The molecule has 0 radical (unpaired) electrons. The molecule has 4 nitrogen and oxygen atoms in total. The quantitative estimate of drug-likeness (QED) is 0.809. The maximum absolute atomic E-state index is 11.9. The van der Waals surface area contributed by atoms with Crippen molar-refractivity contribution < 1.29 is 8.42 Å². The summed E-state index contributed by atoms with van der Waals surface area (Å²) in [6.07, 6.45) is 1.93. The van der Waals surface area contributed by atoms with Crippen LogP contribution in [-0.2, 0) is 10.0 Å². The van der Waals surface area contributed by atoms with Gasteiger partial charge in [-0.3, -0.25) is 0 Å². The zero-order valence-electron chi connectivity index (χ0n) is 10.7. The van der Waals surface area contributed by atoms with Crippen LogP contribution in [0.5, 0.6) is 0 Å². The molecule has 1 N–H and O–H groups in total. The molecule has 0 bridgehead atoms. The molecule has 1 fully saturated rings. The lowest BCUT2D eigenvalue weighted by Crippen LogP contribution is -2.45. The number of rotatable bonds is 4. The highest BCUT2D eigenvalue weighted by molar-refractivity contribution is 7.89. The number of piperidine rings is 1. The highest BCUT2D eigenvalue weighted by Crippen LogP contribution is 2.23. The first kappa shape index (κ1) is 13.9. The van der Waals surface area contributed by atoms with Gasteiger partial charge in [0.1, 0.15) is 0 Å². The summed E-state index contributed by atoms with van der Waals surface area (Å²) in [6, 6.07) is 0.476. The molecule has 1 atom stereocenters. The minimum absolute atomic E-state index is 0.300. The molecule has 96 valence electrons. The smallest absolute Gasteiger partial charge is 0.216 e. The molecule has 0 saturated carbocycles. The van der Waals surface area contributed by atoms with Crippen molar-refractivity contribution in [1.82, 2.24) is 9.62 Å². The highest BCUT2D eigenvalue weighted by Gasteiger charge is 2.31. The normalized spacial score (nSPS) is 22.6. The van der Waals surface area contributed by atoms with Crippen LogP contribution in [0.25, 0.3) is 0 Å².